The molecule has 1 atom stereocenters. The highest BCUT2D eigenvalue weighted by Crippen LogP contribution is 1.89. The Hall–Kier alpha value is -0.110. The smallest absolute Gasteiger partial charge is 0.0932 e. The van der Waals surface area contributed by atoms with Crippen molar-refractivity contribution < 1.29 is 4.39 Å². The van der Waals surface area contributed by atoms with Gasteiger partial charge in [-0.05, 0) is 5.92 Å². The van der Waals surface area contributed by atoms with Crippen LogP contribution in [-0.2, 0) is 0 Å². The lowest BCUT2D eigenvalue weighted by Crippen LogP contribution is -2.02. The minimum Gasteiger partial charge on any atom is -0.257 e. The lowest BCUT2D eigenvalue weighted by atomic mass is 10.2. The molecule has 0 saturated carbocycles. The highest BCUT2D eigenvalue weighted by molar-refractivity contribution is 4.45. The Balaban J connectivity index is 2.75. The Morgan fingerprint density at radius 1 is 1.83 bits per heavy atom. The Kier molecular flexibility index (Phi) is 3.04. The van der Waals surface area contributed by atoms with Gasteiger partial charge >= 0.3 is 0 Å². The molecule has 0 fully saturated rings. The summed E-state index contributed by atoms with van der Waals surface area (Å²) in [5.74, 6) is -0.0648. The average Bonchev–Trinajstić information content (AvgIpc) is 1.65. The fraction of sp³-hybridized carbons (Fsp3) is 1.00. The summed E-state index contributed by atoms with van der Waals surface area (Å²) in [5.41, 5.74) is 6.57. The molecule has 0 amide bonds. The highest BCUT2D eigenvalue weighted by Gasteiger charge is 1.93. The van der Waals surface area contributed by atoms with E-state index in [-0.39, 0.29) is 19.1 Å². The number of nitrogens with one attached hydrogen (secondary N) is 1. The first-order valence-electron chi connectivity index (χ1n) is 2.01. The van der Waals surface area contributed by atoms with Crippen LogP contribution in [0.25, 0.3) is 0 Å². The largest absolute Gasteiger partial charge is 0.257 e. The summed E-state index contributed by atoms with van der Waals surface area (Å²) in [7, 11) is 0. The Labute approximate surface area is 37.3 Å². The summed E-state index contributed by atoms with van der Waals surface area (Å²) in [4.78, 5) is 0. The maximum absolute atomic E-state index is 11.3. The van der Waals surface area contributed by atoms with Crippen LogP contribution in [0.2, 0.25) is 0 Å². The quantitative estimate of drug-likeness (QED) is 0.480. The van der Waals surface area contributed by atoms with Crippen molar-refractivity contribution in [2.75, 3.05) is 13.2 Å². The Bertz CT molecular complexity index is 26.7. The van der Waals surface area contributed by atoms with Gasteiger partial charge < -0.3 is 0 Å². The molecule has 0 spiro atoms. The van der Waals surface area contributed by atoms with Crippen molar-refractivity contribution in [2.24, 2.45) is 5.92 Å². The second-order valence-corrected chi connectivity index (χ2v) is 1.46. The van der Waals surface area contributed by atoms with Gasteiger partial charge in [-0.2, -0.15) is 0 Å². The highest BCUT2D eigenvalue weighted by atomic mass is 19.1. The molecule has 2 heteroatoms. The molecule has 0 aromatic carbocycles. The van der Waals surface area contributed by atoms with Gasteiger partial charge in [0.15, 0.2) is 0 Å². The van der Waals surface area contributed by atoms with Crippen LogP contribution in [0.4, 0.5) is 4.39 Å². The van der Waals surface area contributed by atoms with Crippen LogP contribution in [0.15, 0.2) is 0 Å². The van der Waals surface area contributed by atoms with Gasteiger partial charge in [0.05, 0.1) is 6.67 Å². The van der Waals surface area contributed by atoms with Gasteiger partial charge in [0.2, 0.25) is 0 Å². The van der Waals surface area contributed by atoms with Crippen LogP contribution in [0, 0.1) is 5.92 Å². The zero-order valence-electron chi connectivity index (χ0n) is 3.87. The zero-order valence-corrected chi connectivity index (χ0v) is 3.87. The van der Waals surface area contributed by atoms with Crippen molar-refractivity contribution in [3.8, 4) is 0 Å². The summed E-state index contributed by atoms with van der Waals surface area (Å²) in [5, 5.41) is 0. The van der Waals surface area contributed by atoms with Gasteiger partial charge in [0.1, 0.15) is 0 Å². The van der Waals surface area contributed by atoms with Crippen molar-refractivity contribution >= 4 is 0 Å². The van der Waals surface area contributed by atoms with E-state index in [2.05, 4.69) is 0 Å². The molecule has 0 saturated heterocycles. The standard InChI is InChI=1S/C4H9FN/c1-4(2-5)3-6/h4,6H,2-3H2,1H3. The van der Waals surface area contributed by atoms with Crippen LogP contribution in [-0.4, -0.2) is 13.2 Å². The van der Waals surface area contributed by atoms with E-state index in [4.69, 9.17) is 5.73 Å². The lowest BCUT2D eigenvalue weighted by Gasteiger charge is -1.95. The van der Waals surface area contributed by atoms with Crippen LogP contribution < -0.4 is 5.73 Å². The topological polar surface area (TPSA) is 23.8 Å². The average molecular weight is 90.1 g/mol. The molecule has 0 aliphatic rings. The fourth-order valence-electron chi connectivity index (χ4n) is 0.0546. The minimum atomic E-state index is -0.358. The maximum atomic E-state index is 11.3. The van der Waals surface area contributed by atoms with Crippen molar-refractivity contribution in [3.63, 3.8) is 0 Å². The molecular weight excluding hydrogens is 81.0 g/mol. The third kappa shape index (κ3) is 2.15. The van der Waals surface area contributed by atoms with E-state index in [9.17, 15) is 4.39 Å². The van der Waals surface area contributed by atoms with Gasteiger partial charge in [-0.15, -0.1) is 0 Å². The molecular formula is C4H9FN. The summed E-state index contributed by atoms with van der Waals surface area (Å²) < 4.78 is 11.3. The van der Waals surface area contributed by atoms with Gasteiger partial charge in [0.25, 0.3) is 0 Å². The maximum Gasteiger partial charge on any atom is 0.0932 e. The van der Waals surface area contributed by atoms with Gasteiger partial charge in [-0.1, -0.05) is 6.92 Å². The number of hydrogen-bond donors (Lipinski definition) is 0. The van der Waals surface area contributed by atoms with E-state index >= 15 is 0 Å². The lowest BCUT2D eigenvalue weighted by molar-refractivity contribution is 0.386. The second kappa shape index (κ2) is 3.09. The van der Waals surface area contributed by atoms with Crippen LogP contribution in [0.5, 0.6) is 0 Å². The van der Waals surface area contributed by atoms with Crippen molar-refractivity contribution in [3.05, 3.63) is 0 Å². The molecule has 0 heterocycles. The third-order valence-electron chi connectivity index (χ3n) is 0.612. The summed E-state index contributed by atoms with van der Waals surface area (Å²) in [6.07, 6.45) is 0. The molecule has 0 aliphatic carbocycles. The van der Waals surface area contributed by atoms with Gasteiger partial charge in [-0.3, -0.25) is 10.1 Å². The molecule has 0 aromatic rings. The zero-order chi connectivity index (χ0) is 4.99. The predicted molar refractivity (Wildman–Crippen MR) is 23.1 cm³/mol. The van der Waals surface area contributed by atoms with E-state index in [1.807, 2.05) is 0 Å². The number of hydrogen-bond acceptors (Lipinski definition) is 0. The first-order chi connectivity index (χ1) is 2.81. The summed E-state index contributed by atoms with van der Waals surface area (Å²) in [6.45, 7) is 1.56. The first kappa shape index (κ1) is 5.89. The van der Waals surface area contributed by atoms with Gasteiger partial charge in [-0.25, -0.2) is 0 Å². The van der Waals surface area contributed by atoms with E-state index in [1.54, 1.807) is 6.92 Å². The Morgan fingerprint density at radius 2 is 2.33 bits per heavy atom. The normalized spacial score (nSPS) is 14.5. The van der Waals surface area contributed by atoms with E-state index in [0.717, 1.165) is 0 Å². The Morgan fingerprint density at radius 3 is 2.33 bits per heavy atom. The van der Waals surface area contributed by atoms with E-state index in [1.165, 1.54) is 0 Å². The second-order valence-electron chi connectivity index (χ2n) is 1.46. The van der Waals surface area contributed by atoms with Crippen molar-refractivity contribution in [2.45, 2.75) is 6.92 Å². The summed E-state index contributed by atoms with van der Waals surface area (Å²) in [6, 6.07) is 0. The fourth-order valence-corrected chi connectivity index (χ4v) is 0.0546. The van der Waals surface area contributed by atoms with Crippen LogP contribution >= 0.6 is 0 Å². The molecule has 0 aromatic heterocycles. The minimum absolute atomic E-state index is 0.0648. The molecule has 1 N–H and O–H groups in total. The molecule has 37 valence electrons. The van der Waals surface area contributed by atoms with Crippen LogP contribution in [0.1, 0.15) is 6.92 Å². The van der Waals surface area contributed by atoms with Gasteiger partial charge in [0, 0.05) is 6.54 Å². The van der Waals surface area contributed by atoms with E-state index in [0.29, 0.717) is 0 Å². The molecule has 1 radical (unpaired) electrons. The van der Waals surface area contributed by atoms with Crippen molar-refractivity contribution in [1.29, 1.82) is 0 Å². The molecule has 1 unspecified atom stereocenters. The molecule has 1 nitrogen and oxygen atoms in total. The molecule has 6 heavy (non-hydrogen) atoms. The number of halogens is 1. The van der Waals surface area contributed by atoms with Crippen LogP contribution in [0.3, 0.4) is 0 Å². The SMILES string of the molecule is CC(C[NH])CF. The summed E-state index contributed by atoms with van der Waals surface area (Å²) >= 11 is 0. The van der Waals surface area contributed by atoms with Crippen molar-refractivity contribution in [1.82, 2.24) is 5.73 Å². The first-order valence-corrected chi connectivity index (χ1v) is 2.01. The predicted octanol–water partition coefficient (Wildman–Crippen LogP) is 0.875. The molecule has 0 aliphatic heterocycles. The van der Waals surface area contributed by atoms with E-state index < -0.39 is 0 Å². The monoisotopic (exact) mass is 90.1 g/mol. The number of rotatable bonds is 2. The molecule has 0 bridgehead atoms. The molecule has 0 rings (SSSR count). The third-order valence-corrected chi connectivity index (χ3v) is 0.612. The number of alkyl halides is 1.